The molecule has 5 heteroatoms. The van der Waals surface area contributed by atoms with E-state index in [-0.39, 0.29) is 24.1 Å². The first-order chi connectivity index (χ1) is 11.1. The lowest BCUT2D eigenvalue weighted by molar-refractivity contribution is -0.120. The number of carbonyl (C=O) groups is 2. The number of hydrogen-bond donors (Lipinski definition) is 3. The third kappa shape index (κ3) is 4.03. The Bertz CT molecular complexity index is 587. The van der Waals surface area contributed by atoms with E-state index in [9.17, 15) is 14.7 Å². The summed E-state index contributed by atoms with van der Waals surface area (Å²) in [4.78, 5) is 23.7. The molecule has 0 aromatic heterocycles. The molecule has 0 spiro atoms. The summed E-state index contributed by atoms with van der Waals surface area (Å²) in [7, 11) is 0. The minimum Gasteiger partial charge on any atom is -0.508 e. The predicted octanol–water partition coefficient (Wildman–Crippen LogP) is 2.06. The van der Waals surface area contributed by atoms with Crippen LogP contribution in [0, 0.1) is 17.8 Å². The average molecular weight is 316 g/mol. The van der Waals surface area contributed by atoms with E-state index in [0.717, 1.165) is 24.2 Å². The molecule has 2 saturated carbocycles. The van der Waals surface area contributed by atoms with E-state index < -0.39 is 0 Å². The summed E-state index contributed by atoms with van der Waals surface area (Å²) in [5, 5.41) is 14.8. The molecule has 2 fully saturated rings. The number of nitrogens with one attached hydrogen (secondary N) is 2. The Kier molecular flexibility index (Phi) is 4.84. The quantitative estimate of drug-likeness (QED) is 0.752. The Morgan fingerprint density at radius 1 is 1.17 bits per heavy atom. The van der Waals surface area contributed by atoms with Crippen molar-refractivity contribution in [1.82, 2.24) is 10.6 Å². The molecule has 23 heavy (non-hydrogen) atoms. The molecule has 0 saturated heterocycles. The number of phenolic OH excluding ortho intramolecular Hbond substituents is 1. The number of hydrogen-bond acceptors (Lipinski definition) is 3. The number of rotatable bonds is 6. The molecule has 0 aliphatic heterocycles. The van der Waals surface area contributed by atoms with Crippen molar-refractivity contribution in [3.8, 4) is 5.75 Å². The summed E-state index contributed by atoms with van der Waals surface area (Å²) < 4.78 is 0. The largest absolute Gasteiger partial charge is 0.508 e. The molecule has 3 unspecified atom stereocenters. The Morgan fingerprint density at radius 2 is 2.04 bits per heavy atom. The van der Waals surface area contributed by atoms with Crippen LogP contribution in [0.2, 0.25) is 0 Å². The molecule has 2 aliphatic rings. The standard InChI is InChI=1S/C18H24N2O3/c21-16-3-1-2-15(10-16)18(23)20-11-17(22)19-7-6-14-9-12-4-5-13(14)8-12/h1-3,10,12-14,21H,4-9,11H2,(H,19,22)(H,20,23). The fraction of sp³-hybridized carbons (Fsp3) is 0.556. The smallest absolute Gasteiger partial charge is 0.251 e. The minimum atomic E-state index is -0.357. The monoisotopic (exact) mass is 316 g/mol. The Hall–Kier alpha value is -2.04. The molecule has 2 amide bonds. The molecule has 3 atom stereocenters. The molecule has 2 aliphatic carbocycles. The van der Waals surface area contributed by atoms with Crippen LogP contribution in [0.15, 0.2) is 24.3 Å². The first-order valence-electron chi connectivity index (χ1n) is 8.45. The van der Waals surface area contributed by atoms with Crippen LogP contribution in [0.3, 0.4) is 0 Å². The van der Waals surface area contributed by atoms with Gasteiger partial charge in [-0.05, 0) is 61.6 Å². The van der Waals surface area contributed by atoms with Gasteiger partial charge in [-0.15, -0.1) is 0 Å². The zero-order valence-corrected chi connectivity index (χ0v) is 13.3. The van der Waals surface area contributed by atoms with Crippen LogP contribution in [-0.2, 0) is 4.79 Å². The number of fused-ring (bicyclic) bond motifs is 2. The van der Waals surface area contributed by atoms with E-state index in [4.69, 9.17) is 0 Å². The van der Waals surface area contributed by atoms with E-state index in [2.05, 4.69) is 10.6 Å². The second-order valence-corrected chi connectivity index (χ2v) is 6.81. The lowest BCUT2D eigenvalue weighted by atomic mass is 9.86. The van der Waals surface area contributed by atoms with Crippen LogP contribution >= 0.6 is 0 Å². The number of phenols is 1. The SMILES string of the molecule is O=C(CNC(=O)c1cccc(O)c1)NCCC1CC2CCC1C2. The van der Waals surface area contributed by atoms with Crippen molar-refractivity contribution in [2.45, 2.75) is 32.1 Å². The van der Waals surface area contributed by atoms with Gasteiger partial charge in [-0.3, -0.25) is 9.59 Å². The third-order valence-electron chi connectivity index (χ3n) is 5.24. The van der Waals surface area contributed by atoms with Gasteiger partial charge in [-0.2, -0.15) is 0 Å². The van der Waals surface area contributed by atoms with Crippen LogP contribution in [0.5, 0.6) is 5.75 Å². The first-order valence-corrected chi connectivity index (χ1v) is 8.45. The van der Waals surface area contributed by atoms with Crippen LogP contribution in [0.25, 0.3) is 0 Å². The van der Waals surface area contributed by atoms with Crippen LogP contribution < -0.4 is 10.6 Å². The summed E-state index contributed by atoms with van der Waals surface area (Å²) in [6.07, 6.45) is 6.53. The van der Waals surface area contributed by atoms with Crippen molar-refractivity contribution in [1.29, 1.82) is 0 Å². The van der Waals surface area contributed by atoms with Crippen LogP contribution in [0.4, 0.5) is 0 Å². The maximum atomic E-state index is 11.9. The second kappa shape index (κ2) is 7.02. The van der Waals surface area contributed by atoms with Crippen LogP contribution in [-0.4, -0.2) is 30.0 Å². The molecular weight excluding hydrogens is 292 g/mol. The lowest BCUT2D eigenvalue weighted by Gasteiger charge is -2.21. The molecule has 1 aromatic carbocycles. The number of carbonyl (C=O) groups excluding carboxylic acids is 2. The van der Waals surface area contributed by atoms with Gasteiger partial charge in [0.15, 0.2) is 0 Å². The minimum absolute atomic E-state index is 0.0352. The molecule has 3 N–H and O–H groups in total. The Balaban J connectivity index is 1.34. The molecule has 0 radical (unpaired) electrons. The van der Waals surface area contributed by atoms with Gasteiger partial charge in [0.25, 0.3) is 5.91 Å². The maximum absolute atomic E-state index is 11.9. The molecule has 124 valence electrons. The van der Waals surface area contributed by atoms with Crippen molar-refractivity contribution in [2.24, 2.45) is 17.8 Å². The average Bonchev–Trinajstić information content (AvgIpc) is 3.15. The van der Waals surface area contributed by atoms with Crippen molar-refractivity contribution < 1.29 is 14.7 Å². The molecule has 2 bridgehead atoms. The van der Waals surface area contributed by atoms with Gasteiger partial charge in [-0.25, -0.2) is 0 Å². The number of amides is 2. The van der Waals surface area contributed by atoms with E-state index in [1.165, 1.54) is 37.8 Å². The first kappa shape index (κ1) is 15.8. The second-order valence-electron chi connectivity index (χ2n) is 6.81. The molecule has 0 heterocycles. The Labute approximate surface area is 136 Å². The van der Waals surface area contributed by atoms with Gasteiger partial charge in [0, 0.05) is 12.1 Å². The van der Waals surface area contributed by atoms with E-state index in [0.29, 0.717) is 12.1 Å². The number of benzene rings is 1. The third-order valence-corrected chi connectivity index (χ3v) is 5.24. The van der Waals surface area contributed by atoms with Gasteiger partial charge in [-0.1, -0.05) is 12.5 Å². The summed E-state index contributed by atoms with van der Waals surface area (Å²) >= 11 is 0. The highest BCUT2D eigenvalue weighted by Gasteiger charge is 2.38. The Morgan fingerprint density at radius 3 is 2.74 bits per heavy atom. The van der Waals surface area contributed by atoms with Gasteiger partial charge in [0.1, 0.15) is 5.75 Å². The van der Waals surface area contributed by atoms with Crippen LogP contribution in [0.1, 0.15) is 42.5 Å². The fourth-order valence-electron chi connectivity index (χ4n) is 4.10. The summed E-state index contributed by atoms with van der Waals surface area (Å²) in [6.45, 7) is 0.653. The summed E-state index contributed by atoms with van der Waals surface area (Å²) in [5.74, 6) is 2.10. The molecule has 5 nitrogen and oxygen atoms in total. The fourth-order valence-corrected chi connectivity index (χ4v) is 4.10. The lowest BCUT2D eigenvalue weighted by Crippen LogP contribution is -2.37. The van der Waals surface area contributed by atoms with Crippen molar-refractivity contribution in [3.05, 3.63) is 29.8 Å². The van der Waals surface area contributed by atoms with Crippen molar-refractivity contribution >= 4 is 11.8 Å². The zero-order chi connectivity index (χ0) is 16.2. The van der Waals surface area contributed by atoms with E-state index in [1.54, 1.807) is 12.1 Å². The molecule has 1 aromatic rings. The van der Waals surface area contributed by atoms with E-state index >= 15 is 0 Å². The van der Waals surface area contributed by atoms with Gasteiger partial charge in [0.2, 0.25) is 5.91 Å². The zero-order valence-electron chi connectivity index (χ0n) is 13.3. The van der Waals surface area contributed by atoms with Gasteiger partial charge in [0.05, 0.1) is 6.54 Å². The highest BCUT2D eigenvalue weighted by molar-refractivity contribution is 5.96. The highest BCUT2D eigenvalue weighted by Crippen LogP contribution is 2.49. The molecular formula is C18H24N2O3. The highest BCUT2D eigenvalue weighted by atomic mass is 16.3. The van der Waals surface area contributed by atoms with Gasteiger partial charge >= 0.3 is 0 Å². The predicted molar refractivity (Wildman–Crippen MR) is 87.0 cm³/mol. The van der Waals surface area contributed by atoms with Crippen molar-refractivity contribution in [3.63, 3.8) is 0 Å². The van der Waals surface area contributed by atoms with Crippen molar-refractivity contribution in [2.75, 3.05) is 13.1 Å². The van der Waals surface area contributed by atoms with E-state index in [1.807, 2.05) is 0 Å². The normalized spacial score (nSPS) is 25.3. The maximum Gasteiger partial charge on any atom is 0.251 e. The summed E-state index contributed by atoms with van der Waals surface area (Å²) in [5.41, 5.74) is 0.347. The molecule has 3 rings (SSSR count). The number of aromatic hydroxyl groups is 1. The topological polar surface area (TPSA) is 78.4 Å². The summed E-state index contributed by atoms with van der Waals surface area (Å²) in [6, 6.07) is 6.07. The van der Waals surface area contributed by atoms with Gasteiger partial charge < -0.3 is 15.7 Å².